The van der Waals surface area contributed by atoms with Gasteiger partial charge in [-0.05, 0) is 7.05 Å². The van der Waals surface area contributed by atoms with Crippen LogP contribution in [-0.4, -0.2) is 36.1 Å². The number of benzene rings is 1. The largest absolute Gasteiger partial charge is 0.368 e. The number of nitrogen functional groups attached to an aromatic ring is 1. The smallest absolute Gasteiger partial charge is 0.222 e. The van der Waals surface area contributed by atoms with E-state index in [9.17, 15) is 4.39 Å². The van der Waals surface area contributed by atoms with Gasteiger partial charge in [0.1, 0.15) is 5.69 Å². The summed E-state index contributed by atoms with van der Waals surface area (Å²) in [5.74, 6) is -0.0454. The minimum atomic E-state index is -0.417. The second-order valence-corrected chi connectivity index (χ2v) is 4.82. The van der Waals surface area contributed by atoms with E-state index in [-0.39, 0.29) is 17.5 Å². The third kappa shape index (κ3) is 2.18. The molecule has 1 aromatic heterocycles. The van der Waals surface area contributed by atoms with Crippen molar-refractivity contribution >= 4 is 11.8 Å². The zero-order valence-corrected chi connectivity index (χ0v) is 11.2. The summed E-state index contributed by atoms with van der Waals surface area (Å²) in [6.45, 7) is 1.44. The number of aromatic nitrogens is 2. The fourth-order valence-electron chi connectivity index (χ4n) is 2.28. The highest BCUT2D eigenvalue weighted by Crippen LogP contribution is 2.29. The summed E-state index contributed by atoms with van der Waals surface area (Å²) in [6, 6.07) is 9.54. The van der Waals surface area contributed by atoms with Gasteiger partial charge < -0.3 is 16.0 Å². The lowest BCUT2D eigenvalue weighted by Crippen LogP contribution is -2.57. The Morgan fingerprint density at radius 3 is 2.60 bits per heavy atom. The predicted molar refractivity (Wildman–Crippen MR) is 76.9 cm³/mol. The van der Waals surface area contributed by atoms with Gasteiger partial charge in [0.2, 0.25) is 5.95 Å². The molecule has 0 saturated carbocycles. The fraction of sp³-hybridized carbons (Fsp3) is 0.286. The Morgan fingerprint density at radius 2 is 1.95 bits per heavy atom. The van der Waals surface area contributed by atoms with Crippen LogP contribution in [0.3, 0.4) is 0 Å². The van der Waals surface area contributed by atoms with E-state index in [1.807, 2.05) is 30.1 Å². The average Bonchev–Trinajstić information content (AvgIpc) is 2.42. The van der Waals surface area contributed by atoms with E-state index in [1.165, 1.54) is 0 Å². The first-order valence-electron chi connectivity index (χ1n) is 6.49. The summed E-state index contributed by atoms with van der Waals surface area (Å²) < 4.78 is 14.6. The second-order valence-electron chi connectivity index (χ2n) is 4.82. The molecule has 0 atom stereocenters. The van der Waals surface area contributed by atoms with E-state index in [4.69, 9.17) is 5.73 Å². The minimum Gasteiger partial charge on any atom is -0.368 e. The number of likely N-dealkylation sites (N-methyl/N-ethyl adjacent to an activating group) is 1. The molecule has 0 spiro atoms. The lowest BCUT2D eigenvalue weighted by Gasteiger charge is -2.40. The Kier molecular flexibility index (Phi) is 3.23. The van der Waals surface area contributed by atoms with Crippen molar-refractivity contribution in [3.05, 3.63) is 36.1 Å². The summed E-state index contributed by atoms with van der Waals surface area (Å²) in [4.78, 5) is 9.93. The van der Waals surface area contributed by atoms with Gasteiger partial charge in [-0.25, -0.2) is 9.37 Å². The number of rotatable bonds is 3. The van der Waals surface area contributed by atoms with Gasteiger partial charge in [-0.2, -0.15) is 4.98 Å². The summed E-state index contributed by atoms with van der Waals surface area (Å²) in [6.07, 6.45) is 0. The number of halogens is 1. The van der Waals surface area contributed by atoms with Gasteiger partial charge in [-0.1, -0.05) is 30.3 Å². The van der Waals surface area contributed by atoms with Crippen molar-refractivity contribution < 1.29 is 4.39 Å². The normalized spacial score (nSPS) is 15.2. The molecule has 3 N–H and O–H groups in total. The molecule has 104 valence electrons. The van der Waals surface area contributed by atoms with Gasteiger partial charge in [0.25, 0.3) is 0 Å². The van der Waals surface area contributed by atoms with Crippen LogP contribution in [0, 0.1) is 5.82 Å². The molecule has 20 heavy (non-hydrogen) atoms. The lowest BCUT2D eigenvalue weighted by atomic mass is 10.1. The Balaban J connectivity index is 1.99. The van der Waals surface area contributed by atoms with Crippen LogP contribution in [0.1, 0.15) is 0 Å². The summed E-state index contributed by atoms with van der Waals surface area (Å²) >= 11 is 0. The van der Waals surface area contributed by atoms with E-state index in [0.717, 1.165) is 13.1 Å². The van der Waals surface area contributed by atoms with Gasteiger partial charge in [-0.3, -0.25) is 0 Å². The van der Waals surface area contributed by atoms with Crippen molar-refractivity contribution in [3.8, 4) is 11.3 Å². The fourth-order valence-corrected chi connectivity index (χ4v) is 2.28. The van der Waals surface area contributed by atoms with Crippen molar-refractivity contribution in [1.29, 1.82) is 0 Å². The first-order chi connectivity index (χ1) is 9.69. The predicted octanol–water partition coefficient (Wildman–Crippen LogP) is 1.27. The second kappa shape index (κ2) is 5.05. The van der Waals surface area contributed by atoms with E-state index in [2.05, 4.69) is 15.3 Å². The van der Waals surface area contributed by atoms with Crippen LogP contribution in [0.15, 0.2) is 30.3 Å². The van der Waals surface area contributed by atoms with Crippen LogP contribution in [0.5, 0.6) is 0 Å². The molecule has 2 aromatic rings. The van der Waals surface area contributed by atoms with Crippen molar-refractivity contribution in [3.63, 3.8) is 0 Å². The molecule has 1 fully saturated rings. The monoisotopic (exact) mass is 273 g/mol. The van der Waals surface area contributed by atoms with Crippen LogP contribution in [-0.2, 0) is 0 Å². The summed E-state index contributed by atoms with van der Waals surface area (Å²) in [5, 5.41) is 3.14. The third-order valence-corrected chi connectivity index (χ3v) is 3.49. The average molecular weight is 273 g/mol. The molecular weight excluding hydrogens is 257 g/mol. The van der Waals surface area contributed by atoms with E-state index in [0.29, 0.717) is 11.6 Å². The van der Waals surface area contributed by atoms with Gasteiger partial charge in [-0.15, -0.1) is 0 Å². The Bertz CT molecular complexity index is 610. The van der Waals surface area contributed by atoms with Crippen molar-refractivity contribution in [1.82, 2.24) is 15.3 Å². The van der Waals surface area contributed by atoms with Crippen molar-refractivity contribution in [2.24, 2.45) is 0 Å². The number of nitrogens with two attached hydrogens (primary N) is 1. The van der Waals surface area contributed by atoms with Crippen LogP contribution in [0.25, 0.3) is 11.3 Å². The highest BCUT2D eigenvalue weighted by Gasteiger charge is 2.30. The first kappa shape index (κ1) is 12.8. The maximum absolute atomic E-state index is 14.6. The van der Waals surface area contributed by atoms with Crippen LogP contribution in [0.2, 0.25) is 0 Å². The number of hydrogen-bond donors (Lipinski definition) is 2. The number of nitrogens with zero attached hydrogens (tertiary/aromatic N) is 3. The molecule has 0 bridgehead atoms. The molecule has 0 amide bonds. The number of nitrogens with one attached hydrogen (secondary N) is 1. The Hall–Kier alpha value is -2.21. The van der Waals surface area contributed by atoms with Crippen LogP contribution in [0.4, 0.5) is 16.2 Å². The van der Waals surface area contributed by atoms with Gasteiger partial charge >= 0.3 is 0 Å². The molecule has 0 radical (unpaired) electrons. The van der Waals surface area contributed by atoms with Crippen molar-refractivity contribution in [2.45, 2.75) is 6.04 Å². The Morgan fingerprint density at radius 1 is 1.25 bits per heavy atom. The molecule has 3 rings (SSSR count). The van der Waals surface area contributed by atoms with Crippen LogP contribution < -0.4 is 16.0 Å². The maximum atomic E-state index is 14.6. The molecule has 1 saturated heterocycles. The Labute approximate surface area is 116 Å². The zero-order chi connectivity index (χ0) is 14.1. The molecule has 6 heteroatoms. The van der Waals surface area contributed by atoms with Gasteiger partial charge in [0.15, 0.2) is 11.6 Å². The molecule has 2 heterocycles. The molecule has 0 aliphatic carbocycles. The van der Waals surface area contributed by atoms with Crippen LogP contribution >= 0.6 is 0 Å². The maximum Gasteiger partial charge on any atom is 0.222 e. The zero-order valence-electron chi connectivity index (χ0n) is 11.2. The van der Waals surface area contributed by atoms with Gasteiger partial charge in [0.05, 0.1) is 0 Å². The minimum absolute atomic E-state index is 0.0909. The first-order valence-corrected chi connectivity index (χ1v) is 6.49. The van der Waals surface area contributed by atoms with Gasteiger partial charge in [0, 0.05) is 24.7 Å². The molecule has 5 nitrogen and oxygen atoms in total. The topological polar surface area (TPSA) is 67.1 Å². The van der Waals surface area contributed by atoms with Crippen molar-refractivity contribution in [2.75, 3.05) is 30.8 Å². The molecule has 1 aromatic carbocycles. The molecular formula is C14H16FN5. The SMILES string of the molecule is CNC1CN(c2nc(N)nc(-c3ccccc3)c2F)C1. The van der Waals surface area contributed by atoms with E-state index in [1.54, 1.807) is 12.1 Å². The lowest BCUT2D eigenvalue weighted by molar-refractivity contribution is 0.439. The molecule has 1 aliphatic rings. The number of hydrogen-bond acceptors (Lipinski definition) is 5. The van der Waals surface area contributed by atoms with E-state index >= 15 is 0 Å². The van der Waals surface area contributed by atoms with E-state index < -0.39 is 5.82 Å². The summed E-state index contributed by atoms with van der Waals surface area (Å²) in [5.41, 5.74) is 6.67. The number of anilines is 2. The highest BCUT2D eigenvalue weighted by molar-refractivity contribution is 5.66. The standard InChI is InChI=1S/C14H16FN5/c1-17-10-7-20(8-10)13-11(15)12(18-14(16)19-13)9-5-3-2-4-6-9/h2-6,10,17H,7-8H2,1H3,(H2,16,18,19). The quantitative estimate of drug-likeness (QED) is 0.881. The molecule has 0 unspecified atom stereocenters. The molecule has 1 aliphatic heterocycles. The highest BCUT2D eigenvalue weighted by atomic mass is 19.1. The third-order valence-electron chi connectivity index (χ3n) is 3.49. The summed E-state index contributed by atoms with van der Waals surface area (Å²) in [7, 11) is 1.89.